The lowest BCUT2D eigenvalue weighted by Crippen LogP contribution is -2.29. The van der Waals surface area contributed by atoms with Crippen LogP contribution >= 0.6 is 0 Å². The summed E-state index contributed by atoms with van der Waals surface area (Å²) in [4.78, 5) is 43.9. The van der Waals surface area contributed by atoms with Crippen molar-refractivity contribution in [2.45, 2.75) is 13.1 Å². The molecule has 11 heteroatoms. The van der Waals surface area contributed by atoms with Gasteiger partial charge in [0.15, 0.2) is 0 Å². The summed E-state index contributed by atoms with van der Waals surface area (Å²) >= 11 is 0. The molecule has 0 bridgehead atoms. The summed E-state index contributed by atoms with van der Waals surface area (Å²) in [6.07, 6.45) is -2.16. The lowest BCUT2D eigenvalue weighted by molar-refractivity contribution is -0.137. The molecule has 3 amide bonds. The molecular formula is C25H16F3N5O3. The number of nitrogens with one attached hydrogen (secondary N) is 1. The Morgan fingerprint density at radius 2 is 1.67 bits per heavy atom. The first kappa shape index (κ1) is 23.0. The van der Waals surface area contributed by atoms with Crippen LogP contribution in [-0.2, 0) is 6.18 Å². The van der Waals surface area contributed by atoms with Crippen molar-refractivity contribution in [2.24, 2.45) is 0 Å². The SMILES string of the molecule is Cc1ccccc1N1C(=O)c2ccc(C(=O)Nc3cc(C(F)(F)F)ccc3-n3cncn3)cc2C1=O. The number of imide groups is 1. The molecule has 1 aliphatic rings. The maximum atomic E-state index is 13.3. The highest BCUT2D eigenvalue weighted by Gasteiger charge is 2.38. The standard InChI is InChI=1S/C25H16F3N5O3/c1-14-4-2-3-5-20(14)33-23(35)17-8-6-15(10-18(17)24(33)36)22(34)31-19-11-16(25(26,27)28)7-9-21(19)32-13-29-12-30-32/h2-13H,1H3,(H,31,34). The van der Waals surface area contributed by atoms with Gasteiger partial charge in [0.05, 0.1) is 33.8 Å². The molecule has 3 aromatic carbocycles. The highest BCUT2D eigenvalue weighted by Crippen LogP contribution is 2.34. The molecule has 8 nitrogen and oxygen atoms in total. The van der Waals surface area contributed by atoms with E-state index in [-0.39, 0.29) is 28.1 Å². The minimum absolute atomic E-state index is 0.0107. The molecule has 4 aromatic rings. The fourth-order valence-electron chi connectivity index (χ4n) is 3.95. The van der Waals surface area contributed by atoms with E-state index in [4.69, 9.17) is 0 Å². The van der Waals surface area contributed by atoms with Crippen LogP contribution < -0.4 is 10.2 Å². The molecule has 180 valence electrons. The molecule has 0 unspecified atom stereocenters. The van der Waals surface area contributed by atoms with Gasteiger partial charge >= 0.3 is 6.18 Å². The fourth-order valence-corrected chi connectivity index (χ4v) is 3.95. The predicted molar refractivity (Wildman–Crippen MR) is 123 cm³/mol. The molecule has 0 atom stereocenters. The van der Waals surface area contributed by atoms with Gasteiger partial charge in [-0.25, -0.2) is 14.6 Å². The number of nitrogens with zero attached hydrogens (tertiary/aromatic N) is 4. The molecule has 36 heavy (non-hydrogen) atoms. The average molecular weight is 491 g/mol. The van der Waals surface area contributed by atoms with Crippen molar-refractivity contribution in [3.8, 4) is 5.69 Å². The number of carbonyl (C=O) groups is 3. The third kappa shape index (κ3) is 3.90. The molecule has 0 spiro atoms. The number of hydrogen-bond acceptors (Lipinski definition) is 5. The van der Waals surface area contributed by atoms with Gasteiger partial charge in [-0.1, -0.05) is 18.2 Å². The molecule has 0 aliphatic carbocycles. The van der Waals surface area contributed by atoms with Crippen molar-refractivity contribution in [1.29, 1.82) is 0 Å². The van der Waals surface area contributed by atoms with E-state index in [9.17, 15) is 27.6 Å². The lowest BCUT2D eigenvalue weighted by Gasteiger charge is -2.16. The summed E-state index contributed by atoms with van der Waals surface area (Å²) in [5, 5.41) is 6.37. The largest absolute Gasteiger partial charge is 0.416 e. The number of benzene rings is 3. The van der Waals surface area contributed by atoms with E-state index >= 15 is 0 Å². The van der Waals surface area contributed by atoms with E-state index in [1.807, 2.05) is 0 Å². The average Bonchev–Trinajstić information content (AvgIpc) is 3.46. The highest BCUT2D eigenvalue weighted by molar-refractivity contribution is 6.35. The Kier molecular flexibility index (Phi) is 5.39. The normalized spacial score (nSPS) is 13.2. The van der Waals surface area contributed by atoms with Gasteiger partial charge in [-0.15, -0.1) is 0 Å². The van der Waals surface area contributed by atoms with Crippen LogP contribution in [0.3, 0.4) is 0 Å². The Balaban J connectivity index is 1.49. The van der Waals surface area contributed by atoms with Crippen molar-refractivity contribution in [1.82, 2.24) is 14.8 Å². The highest BCUT2D eigenvalue weighted by atomic mass is 19.4. The third-order valence-corrected chi connectivity index (χ3v) is 5.74. The summed E-state index contributed by atoms with van der Waals surface area (Å²) in [5.41, 5.74) is 0.315. The van der Waals surface area contributed by atoms with Gasteiger partial charge in [0.25, 0.3) is 17.7 Å². The number of aromatic nitrogens is 3. The lowest BCUT2D eigenvalue weighted by atomic mass is 10.0. The number of aryl methyl sites for hydroxylation is 1. The van der Waals surface area contributed by atoms with Crippen molar-refractivity contribution < 1.29 is 27.6 Å². The molecular weight excluding hydrogens is 475 g/mol. The maximum absolute atomic E-state index is 13.3. The minimum Gasteiger partial charge on any atom is -0.320 e. The first-order chi connectivity index (χ1) is 17.1. The number of anilines is 2. The van der Waals surface area contributed by atoms with Crippen LogP contribution in [0.1, 0.15) is 42.2 Å². The molecule has 2 heterocycles. The molecule has 0 saturated heterocycles. The summed E-state index contributed by atoms with van der Waals surface area (Å²) in [5.74, 6) is -1.89. The van der Waals surface area contributed by atoms with Crippen LogP contribution in [0.5, 0.6) is 0 Å². The minimum atomic E-state index is -4.64. The van der Waals surface area contributed by atoms with Gasteiger partial charge in [-0.2, -0.15) is 18.3 Å². The Hall–Kier alpha value is -4.80. The zero-order valence-electron chi connectivity index (χ0n) is 18.6. The molecule has 5 rings (SSSR count). The van der Waals surface area contributed by atoms with E-state index < -0.39 is 29.5 Å². The fraction of sp³-hybridized carbons (Fsp3) is 0.0800. The maximum Gasteiger partial charge on any atom is 0.416 e. The topological polar surface area (TPSA) is 97.2 Å². The first-order valence-corrected chi connectivity index (χ1v) is 10.6. The zero-order valence-corrected chi connectivity index (χ0v) is 18.6. The Bertz CT molecular complexity index is 1530. The van der Waals surface area contributed by atoms with Crippen molar-refractivity contribution >= 4 is 29.1 Å². The predicted octanol–water partition coefficient (Wildman–Crippen LogP) is 4.65. The van der Waals surface area contributed by atoms with E-state index in [1.54, 1.807) is 31.2 Å². The molecule has 0 fully saturated rings. The number of alkyl halides is 3. The zero-order chi connectivity index (χ0) is 25.6. The second kappa shape index (κ2) is 8.45. The van der Waals surface area contributed by atoms with Crippen LogP contribution in [-0.4, -0.2) is 32.5 Å². The molecule has 0 radical (unpaired) electrons. The van der Waals surface area contributed by atoms with E-state index in [0.717, 1.165) is 28.7 Å². The first-order valence-electron chi connectivity index (χ1n) is 10.6. The summed E-state index contributed by atoms with van der Waals surface area (Å²) in [6, 6.07) is 13.7. The number of amides is 3. The number of fused-ring (bicyclic) bond motifs is 1. The van der Waals surface area contributed by atoms with Crippen LogP contribution in [0.2, 0.25) is 0 Å². The van der Waals surface area contributed by atoms with Gasteiger partial charge in [0.2, 0.25) is 0 Å². The van der Waals surface area contributed by atoms with Crippen molar-refractivity contribution in [2.75, 3.05) is 10.2 Å². The van der Waals surface area contributed by atoms with Gasteiger partial charge < -0.3 is 5.32 Å². The summed E-state index contributed by atoms with van der Waals surface area (Å²) in [7, 11) is 0. The van der Waals surface area contributed by atoms with Crippen molar-refractivity contribution in [3.63, 3.8) is 0 Å². The molecule has 0 saturated carbocycles. The number of hydrogen-bond donors (Lipinski definition) is 1. The second-order valence-electron chi connectivity index (χ2n) is 8.02. The van der Waals surface area contributed by atoms with Gasteiger partial charge in [-0.05, 0) is 55.0 Å². The van der Waals surface area contributed by atoms with E-state index in [1.165, 1.54) is 35.5 Å². The van der Waals surface area contributed by atoms with Crippen molar-refractivity contribution in [3.05, 3.63) is 101 Å². The Morgan fingerprint density at radius 1 is 0.917 bits per heavy atom. The second-order valence-corrected chi connectivity index (χ2v) is 8.02. The number of carbonyl (C=O) groups excluding carboxylic acids is 3. The molecule has 1 aromatic heterocycles. The molecule has 1 N–H and O–H groups in total. The number of halogens is 3. The smallest absolute Gasteiger partial charge is 0.320 e. The summed E-state index contributed by atoms with van der Waals surface area (Å²) in [6.45, 7) is 1.76. The Labute approximate surface area is 202 Å². The van der Waals surface area contributed by atoms with Crippen LogP contribution in [0, 0.1) is 6.92 Å². The van der Waals surface area contributed by atoms with Crippen LogP contribution in [0.4, 0.5) is 24.5 Å². The number of rotatable bonds is 4. The van der Waals surface area contributed by atoms with E-state index in [2.05, 4.69) is 15.4 Å². The van der Waals surface area contributed by atoms with Gasteiger partial charge in [-0.3, -0.25) is 14.4 Å². The number of para-hydroxylation sites is 1. The van der Waals surface area contributed by atoms with Gasteiger partial charge in [0, 0.05) is 5.56 Å². The van der Waals surface area contributed by atoms with Crippen LogP contribution in [0.15, 0.2) is 73.3 Å². The molecule has 1 aliphatic heterocycles. The third-order valence-electron chi connectivity index (χ3n) is 5.74. The monoisotopic (exact) mass is 491 g/mol. The summed E-state index contributed by atoms with van der Waals surface area (Å²) < 4.78 is 41.2. The van der Waals surface area contributed by atoms with Crippen LogP contribution in [0.25, 0.3) is 5.69 Å². The quantitative estimate of drug-likeness (QED) is 0.420. The Morgan fingerprint density at radius 3 is 2.36 bits per heavy atom. The van der Waals surface area contributed by atoms with Gasteiger partial charge in [0.1, 0.15) is 12.7 Å². The van der Waals surface area contributed by atoms with E-state index in [0.29, 0.717) is 5.69 Å².